The number of terminal acetylenes is 2. The van der Waals surface area contributed by atoms with E-state index in [2.05, 4.69) is 66.4 Å². The van der Waals surface area contributed by atoms with Gasteiger partial charge in [-0.15, -0.1) is 12.8 Å². The lowest BCUT2D eigenvalue weighted by Crippen LogP contribution is -2.67. The topological polar surface area (TPSA) is 55.8 Å². The summed E-state index contributed by atoms with van der Waals surface area (Å²) in [6, 6.07) is 0. The highest BCUT2D eigenvalue weighted by Gasteiger charge is 2.70. The van der Waals surface area contributed by atoms with Crippen LogP contribution in [0, 0.1) is 74.9 Å². The number of rotatable bonds is 4. The van der Waals surface area contributed by atoms with Crippen LogP contribution in [-0.4, -0.2) is 36.5 Å². The molecule has 9 atom stereocenters. The molecule has 0 aromatic heterocycles. The molecule has 5 aliphatic rings. The number of aliphatic hydroxyl groups is 1. The summed E-state index contributed by atoms with van der Waals surface area (Å²) in [5, 5.41) is 11.4. The second kappa shape index (κ2) is 9.64. The Morgan fingerprint density at radius 3 is 2.30 bits per heavy atom. The molecule has 0 aliphatic heterocycles. The first-order valence-electron chi connectivity index (χ1n) is 15.7. The van der Waals surface area contributed by atoms with Gasteiger partial charge in [0.1, 0.15) is 6.61 Å². The standard InChI is InChI=1S/C36H52O4/c1-10-20-39-26-23-33(7)27(32(5,6)29(26)37)14-15-35(9)28(33)13-12-24-25-22-31(3,4)16-18-36(25,19-17-34(24,35)8)30(38)40-21-11-2/h1-2,12,25-29,37H,13-23H2,3-9H3/t25?,26-,27?,28?,29+,33+,34-,35-,36+/m1/s1. The van der Waals surface area contributed by atoms with Crippen molar-refractivity contribution in [2.45, 2.75) is 118 Å². The van der Waals surface area contributed by atoms with Gasteiger partial charge in [-0.05, 0) is 103 Å². The maximum Gasteiger partial charge on any atom is 0.313 e. The summed E-state index contributed by atoms with van der Waals surface area (Å²) in [6.45, 7) is 17.0. The summed E-state index contributed by atoms with van der Waals surface area (Å²) in [4.78, 5) is 13.7. The van der Waals surface area contributed by atoms with Gasteiger partial charge in [0.05, 0.1) is 17.6 Å². The van der Waals surface area contributed by atoms with Crippen molar-refractivity contribution in [3.8, 4) is 24.7 Å². The Bertz CT molecular complexity index is 1150. The zero-order valence-electron chi connectivity index (χ0n) is 26.1. The fraction of sp³-hybridized carbons (Fsp3) is 0.806. The summed E-state index contributed by atoms with van der Waals surface area (Å²) in [7, 11) is 0. The normalized spacial score (nSPS) is 46.6. The van der Waals surface area contributed by atoms with Crippen LogP contribution in [-0.2, 0) is 14.3 Å². The van der Waals surface area contributed by atoms with Crippen LogP contribution >= 0.6 is 0 Å². The largest absolute Gasteiger partial charge is 0.452 e. The van der Waals surface area contributed by atoms with E-state index >= 15 is 0 Å². The molecule has 220 valence electrons. The van der Waals surface area contributed by atoms with E-state index in [1.807, 2.05) is 0 Å². The number of carbonyl (C=O) groups is 1. The average Bonchev–Trinajstić information content (AvgIpc) is 2.88. The van der Waals surface area contributed by atoms with Crippen LogP contribution in [0.1, 0.15) is 106 Å². The molecule has 4 nitrogen and oxygen atoms in total. The third-order valence-corrected chi connectivity index (χ3v) is 13.6. The van der Waals surface area contributed by atoms with Crippen LogP contribution in [0.2, 0.25) is 0 Å². The molecular formula is C36H52O4. The van der Waals surface area contributed by atoms with Crippen LogP contribution in [0.4, 0.5) is 0 Å². The van der Waals surface area contributed by atoms with Gasteiger partial charge in [0.25, 0.3) is 0 Å². The third-order valence-electron chi connectivity index (χ3n) is 13.6. The molecule has 40 heavy (non-hydrogen) atoms. The van der Waals surface area contributed by atoms with Crippen molar-refractivity contribution in [3.05, 3.63) is 11.6 Å². The molecule has 0 aromatic rings. The number of esters is 1. The molecule has 4 fully saturated rings. The van der Waals surface area contributed by atoms with Gasteiger partial charge in [-0.25, -0.2) is 0 Å². The molecule has 0 amide bonds. The number of aliphatic hydroxyl groups excluding tert-OH is 1. The van der Waals surface area contributed by atoms with Crippen LogP contribution in [0.5, 0.6) is 0 Å². The van der Waals surface area contributed by atoms with E-state index in [-0.39, 0.29) is 58.3 Å². The first kappa shape index (κ1) is 29.7. The molecule has 4 saturated carbocycles. The Labute approximate surface area is 243 Å². The fourth-order valence-electron chi connectivity index (χ4n) is 11.3. The van der Waals surface area contributed by atoms with Gasteiger partial charge >= 0.3 is 5.97 Å². The van der Waals surface area contributed by atoms with Gasteiger partial charge in [-0.3, -0.25) is 4.79 Å². The highest BCUT2D eigenvalue weighted by Crippen LogP contribution is 2.76. The van der Waals surface area contributed by atoms with Crippen molar-refractivity contribution >= 4 is 5.97 Å². The Kier molecular flexibility index (Phi) is 7.17. The monoisotopic (exact) mass is 548 g/mol. The van der Waals surface area contributed by atoms with Gasteiger partial charge in [-0.1, -0.05) is 72.0 Å². The molecule has 1 N–H and O–H groups in total. The SMILES string of the molecule is C#CCOC(=O)[C@]12CCC(C)(C)CC1C1=CCC3[C@@]4(C)C[C@@H](OCC#C)[C@H](O)C(C)(C)C4CC[C@@]3(C)[C@]1(C)CC2. The van der Waals surface area contributed by atoms with Crippen LogP contribution < -0.4 is 0 Å². The molecule has 0 bridgehead atoms. The third kappa shape index (κ3) is 3.99. The van der Waals surface area contributed by atoms with Crippen molar-refractivity contribution < 1.29 is 19.4 Å². The average molecular weight is 549 g/mol. The Morgan fingerprint density at radius 2 is 1.62 bits per heavy atom. The summed E-state index contributed by atoms with van der Waals surface area (Å²) in [6.07, 6.45) is 21.7. The summed E-state index contributed by atoms with van der Waals surface area (Å²) in [5.41, 5.74) is 1.10. The van der Waals surface area contributed by atoms with Crippen molar-refractivity contribution in [3.63, 3.8) is 0 Å². The smallest absolute Gasteiger partial charge is 0.313 e. The predicted octanol–water partition coefficient (Wildman–Crippen LogP) is 6.95. The van der Waals surface area contributed by atoms with Crippen LogP contribution in [0.3, 0.4) is 0 Å². The second-order valence-corrected chi connectivity index (χ2v) is 16.2. The molecule has 0 aromatic carbocycles. The second-order valence-electron chi connectivity index (χ2n) is 16.2. The molecule has 5 rings (SSSR count). The minimum atomic E-state index is -0.526. The fourth-order valence-corrected chi connectivity index (χ4v) is 11.3. The molecular weight excluding hydrogens is 496 g/mol. The Hall–Kier alpha value is -1.75. The van der Waals surface area contributed by atoms with Crippen LogP contribution in [0.15, 0.2) is 11.6 Å². The van der Waals surface area contributed by atoms with Crippen LogP contribution in [0.25, 0.3) is 0 Å². The number of allylic oxidation sites excluding steroid dienone is 2. The first-order valence-corrected chi connectivity index (χ1v) is 15.7. The Balaban J connectivity index is 1.57. The van der Waals surface area contributed by atoms with Gasteiger partial charge in [0, 0.05) is 0 Å². The molecule has 5 aliphatic carbocycles. The lowest BCUT2D eigenvalue weighted by Gasteiger charge is -2.71. The maximum atomic E-state index is 13.7. The molecule has 3 unspecified atom stereocenters. The number of carbonyl (C=O) groups excluding carboxylic acids is 1. The minimum absolute atomic E-state index is 0.00720. The van der Waals surface area contributed by atoms with Crippen molar-refractivity contribution in [1.82, 2.24) is 0 Å². The van der Waals surface area contributed by atoms with E-state index in [1.54, 1.807) is 0 Å². The lowest BCUT2D eigenvalue weighted by atomic mass is 9.33. The lowest BCUT2D eigenvalue weighted by molar-refractivity contribution is -0.238. The molecule has 0 heterocycles. The summed E-state index contributed by atoms with van der Waals surface area (Å²) < 4.78 is 11.9. The van der Waals surface area contributed by atoms with E-state index in [4.69, 9.17) is 22.3 Å². The van der Waals surface area contributed by atoms with Gasteiger partial charge in [-0.2, -0.15) is 0 Å². The van der Waals surface area contributed by atoms with E-state index in [9.17, 15) is 9.90 Å². The quantitative estimate of drug-likeness (QED) is 0.235. The number of hydrogen-bond acceptors (Lipinski definition) is 4. The van der Waals surface area contributed by atoms with E-state index in [0.717, 1.165) is 57.8 Å². The highest BCUT2D eigenvalue weighted by molar-refractivity contribution is 5.79. The van der Waals surface area contributed by atoms with E-state index < -0.39 is 11.5 Å². The zero-order valence-corrected chi connectivity index (χ0v) is 26.1. The highest BCUT2D eigenvalue weighted by atomic mass is 16.5. The number of fused-ring (bicyclic) bond motifs is 7. The van der Waals surface area contributed by atoms with Gasteiger partial charge in [0.15, 0.2) is 6.61 Å². The van der Waals surface area contributed by atoms with E-state index in [1.165, 1.54) is 5.57 Å². The first-order chi connectivity index (χ1) is 18.6. The molecule has 0 saturated heterocycles. The minimum Gasteiger partial charge on any atom is -0.452 e. The molecule has 0 radical (unpaired) electrons. The van der Waals surface area contributed by atoms with E-state index in [0.29, 0.717) is 11.8 Å². The predicted molar refractivity (Wildman–Crippen MR) is 159 cm³/mol. The van der Waals surface area contributed by atoms with Gasteiger partial charge in [0.2, 0.25) is 0 Å². The maximum absolute atomic E-state index is 13.7. The van der Waals surface area contributed by atoms with Gasteiger partial charge < -0.3 is 14.6 Å². The van der Waals surface area contributed by atoms with Crippen molar-refractivity contribution in [2.24, 2.45) is 50.2 Å². The molecule has 4 heteroatoms. The number of ether oxygens (including phenoxy) is 2. The summed E-state index contributed by atoms with van der Waals surface area (Å²) in [5.74, 6) is 6.13. The number of hydrogen-bond donors (Lipinski definition) is 1. The van der Waals surface area contributed by atoms with Crippen molar-refractivity contribution in [2.75, 3.05) is 13.2 Å². The summed E-state index contributed by atoms with van der Waals surface area (Å²) >= 11 is 0. The van der Waals surface area contributed by atoms with Crippen molar-refractivity contribution in [1.29, 1.82) is 0 Å². The zero-order chi connectivity index (χ0) is 29.4. The molecule has 0 spiro atoms. The Morgan fingerprint density at radius 1 is 0.950 bits per heavy atom.